The first-order valence-electron chi connectivity index (χ1n) is 10.8. The first-order valence-corrected chi connectivity index (χ1v) is 10.8. The summed E-state index contributed by atoms with van der Waals surface area (Å²) in [6, 6.07) is 3.02. The minimum atomic E-state index is -0.816. The summed E-state index contributed by atoms with van der Waals surface area (Å²) in [4.78, 5) is 39.6. The lowest BCUT2D eigenvalue weighted by atomic mass is 9.59. The highest BCUT2D eigenvalue weighted by Crippen LogP contribution is 2.52. The van der Waals surface area contributed by atoms with E-state index in [0.717, 1.165) is 25.0 Å². The SMILES string of the molecule is COc1c2n(cc(C(=O)NCc3ccc(F)cc3F)c1=O)C[C@@]1(OC)CCCC[C@@]1(C)C2=O. The predicted octanol–water partition coefficient (Wildman–Crippen LogP) is 3.23. The van der Waals surface area contributed by atoms with Crippen LogP contribution in [0.4, 0.5) is 8.78 Å². The summed E-state index contributed by atoms with van der Waals surface area (Å²) in [5, 5.41) is 2.49. The molecule has 9 heteroatoms. The number of methoxy groups -OCH3 is 2. The molecule has 0 saturated heterocycles. The Morgan fingerprint density at radius 2 is 1.91 bits per heavy atom. The number of hydrogen-bond acceptors (Lipinski definition) is 5. The Kier molecular flexibility index (Phi) is 5.86. The van der Waals surface area contributed by atoms with Gasteiger partial charge in [-0.3, -0.25) is 14.4 Å². The number of rotatable bonds is 5. The Hall–Kier alpha value is -3.07. The third-order valence-electron chi connectivity index (χ3n) is 7.19. The van der Waals surface area contributed by atoms with Gasteiger partial charge in [-0.1, -0.05) is 18.9 Å². The van der Waals surface area contributed by atoms with Gasteiger partial charge in [0.1, 0.15) is 22.9 Å². The number of nitrogens with zero attached hydrogens (tertiary/aromatic N) is 1. The highest BCUT2D eigenvalue weighted by Gasteiger charge is 2.59. The molecule has 0 unspecified atom stereocenters. The first-order chi connectivity index (χ1) is 15.7. The molecule has 2 heterocycles. The second kappa shape index (κ2) is 8.37. The molecule has 0 bridgehead atoms. The van der Waals surface area contributed by atoms with Gasteiger partial charge in [0.2, 0.25) is 5.43 Å². The summed E-state index contributed by atoms with van der Waals surface area (Å²) in [5.41, 5.74) is -2.35. The molecule has 7 nitrogen and oxygen atoms in total. The molecule has 1 aliphatic carbocycles. The van der Waals surface area contributed by atoms with E-state index in [1.807, 2.05) is 6.92 Å². The molecule has 1 aliphatic heterocycles. The van der Waals surface area contributed by atoms with E-state index in [9.17, 15) is 23.2 Å². The second-order valence-corrected chi connectivity index (χ2v) is 8.87. The van der Waals surface area contributed by atoms with Gasteiger partial charge in [-0.05, 0) is 25.8 Å². The number of ketones is 1. The van der Waals surface area contributed by atoms with Gasteiger partial charge in [-0.2, -0.15) is 0 Å². The maximum atomic E-state index is 13.9. The molecule has 1 amide bonds. The van der Waals surface area contributed by atoms with Crippen molar-refractivity contribution in [1.29, 1.82) is 0 Å². The van der Waals surface area contributed by atoms with Crippen LogP contribution < -0.4 is 15.5 Å². The number of halogens is 2. The van der Waals surface area contributed by atoms with Gasteiger partial charge in [0.15, 0.2) is 11.5 Å². The lowest BCUT2D eigenvalue weighted by Crippen LogP contribution is -2.61. The van der Waals surface area contributed by atoms with E-state index < -0.39 is 34.0 Å². The minimum Gasteiger partial charge on any atom is -0.491 e. The molecular weight excluding hydrogens is 434 g/mol. The number of carbonyl (C=O) groups is 2. The monoisotopic (exact) mass is 460 g/mol. The number of carbonyl (C=O) groups excluding carboxylic acids is 2. The van der Waals surface area contributed by atoms with Crippen molar-refractivity contribution in [2.45, 2.75) is 51.3 Å². The van der Waals surface area contributed by atoms with Gasteiger partial charge in [0.05, 0.1) is 24.7 Å². The quantitative estimate of drug-likeness (QED) is 0.741. The number of hydrogen-bond donors (Lipinski definition) is 1. The number of amides is 1. The lowest BCUT2D eigenvalue weighted by Gasteiger charge is -2.53. The first kappa shape index (κ1) is 23.1. The molecule has 1 N–H and O–H groups in total. The second-order valence-electron chi connectivity index (χ2n) is 8.87. The van der Waals surface area contributed by atoms with E-state index >= 15 is 0 Å². The summed E-state index contributed by atoms with van der Waals surface area (Å²) in [7, 11) is 2.86. The molecule has 0 spiro atoms. The fourth-order valence-corrected chi connectivity index (χ4v) is 5.18. The maximum Gasteiger partial charge on any atom is 0.257 e. The Morgan fingerprint density at radius 3 is 2.58 bits per heavy atom. The van der Waals surface area contributed by atoms with Crippen LogP contribution >= 0.6 is 0 Å². The number of fused-ring (bicyclic) bond motifs is 2. The smallest absolute Gasteiger partial charge is 0.257 e. The van der Waals surface area contributed by atoms with Crippen molar-refractivity contribution < 1.29 is 27.8 Å². The van der Waals surface area contributed by atoms with Crippen LogP contribution in [0.1, 0.15) is 59.0 Å². The number of aromatic nitrogens is 1. The van der Waals surface area contributed by atoms with Gasteiger partial charge in [0, 0.05) is 31.5 Å². The average molecular weight is 460 g/mol. The van der Waals surface area contributed by atoms with Gasteiger partial charge < -0.3 is 19.4 Å². The molecule has 2 aromatic rings. The highest BCUT2D eigenvalue weighted by atomic mass is 19.1. The van der Waals surface area contributed by atoms with E-state index in [4.69, 9.17) is 9.47 Å². The average Bonchev–Trinajstić information content (AvgIpc) is 2.79. The number of pyridine rings is 1. The van der Waals surface area contributed by atoms with Gasteiger partial charge in [-0.25, -0.2) is 8.78 Å². The highest BCUT2D eigenvalue weighted by molar-refractivity contribution is 6.04. The number of Topliss-reactive ketones (excluding diaryl/α,β-unsaturated/α-hetero) is 1. The fourth-order valence-electron chi connectivity index (χ4n) is 5.18. The van der Waals surface area contributed by atoms with Crippen LogP contribution in [-0.2, 0) is 17.8 Å². The standard InChI is InChI=1S/C24H26F2N2O5/c1-23-8-4-5-9-24(23,33-3)13-28-12-16(19(29)20(32-2)18(28)21(23)30)22(31)27-11-14-6-7-15(25)10-17(14)26/h6-7,10,12H,4-5,8-9,11,13H2,1-3H3,(H,27,31)/t23-,24-/m0/s1. The molecule has 1 aromatic heterocycles. The Morgan fingerprint density at radius 1 is 1.18 bits per heavy atom. The van der Waals surface area contributed by atoms with Gasteiger partial charge in [-0.15, -0.1) is 0 Å². The van der Waals surface area contributed by atoms with Gasteiger partial charge in [0.25, 0.3) is 5.91 Å². The summed E-state index contributed by atoms with van der Waals surface area (Å²) >= 11 is 0. The van der Waals surface area contributed by atoms with Crippen molar-refractivity contribution >= 4 is 11.7 Å². The van der Waals surface area contributed by atoms with E-state index in [-0.39, 0.29) is 41.4 Å². The molecule has 33 heavy (non-hydrogen) atoms. The van der Waals surface area contributed by atoms with Crippen LogP contribution in [0.5, 0.6) is 5.75 Å². The van der Waals surface area contributed by atoms with Crippen LogP contribution in [0.3, 0.4) is 0 Å². The summed E-state index contributed by atoms with van der Waals surface area (Å²) < 4.78 is 39.8. The van der Waals surface area contributed by atoms with E-state index in [2.05, 4.69) is 5.32 Å². The molecule has 1 saturated carbocycles. The zero-order chi connectivity index (χ0) is 24.0. The molecule has 0 radical (unpaired) electrons. The summed E-state index contributed by atoms with van der Waals surface area (Å²) in [5.74, 6) is -2.74. The summed E-state index contributed by atoms with van der Waals surface area (Å²) in [6.07, 6.45) is 4.41. The van der Waals surface area contributed by atoms with Crippen molar-refractivity contribution in [2.75, 3.05) is 14.2 Å². The van der Waals surface area contributed by atoms with Crippen molar-refractivity contribution in [3.8, 4) is 5.75 Å². The van der Waals surface area contributed by atoms with E-state index in [1.165, 1.54) is 19.4 Å². The van der Waals surface area contributed by atoms with E-state index in [1.54, 1.807) is 11.7 Å². The van der Waals surface area contributed by atoms with Crippen LogP contribution in [0.15, 0.2) is 29.2 Å². The number of nitrogens with one attached hydrogen (secondary N) is 1. The van der Waals surface area contributed by atoms with Crippen molar-refractivity contribution in [3.05, 3.63) is 63.1 Å². The lowest BCUT2D eigenvalue weighted by molar-refractivity contribution is -0.130. The largest absolute Gasteiger partial charge is 0.491 e. The van der Waals surface area contributed by atoms with Crippen LogP contribution in [0.2, 0.25) is 0 Å². The zero-order valence-corrected chi connectivity index (χ0v) is 18.8. The molecule has 1 fully saturated rings. The topological polar surface area (TPSA) is 86.6 Å². The molecule has 176 valence electrons. The number of benzene rings is 1. The molecule has 1 aromatic carbocycles. The third kappa shape index (κ3) is 3.55. The Bertz CT molecular complexity index is 1190. The summed E-state index contributed by atoms with van der Waals surface area (Å²) in [6.45, 7) is 1.90. The van der Waals surface area contributed by atoms with Crippen molar-refractivity contribution in [2.24, 2.45) is 5.41 Å². The third-order valence-corrected chi connectivity index (χ3v) is 7.19. The molecular formula is C24H26F2N2O5. The van der Waals surface area contributed by atoms with Crippen molar-refractivity contribution in [1.82, 2.24) is 9.88 Å². The van der Waals surface area contributed by atoms with Gasteiger partial charge >= 0.3 is 0 Å². The van der Waals surface area contributed by atoms with Crippen LogP contribution in [-0.4, -0.2) is 36.1 Å². The molecule has 4 rings (SSSR count). The minimum absolute atomic E-state index is 0.0706. The maximum absolute atomic E-state index is 13.9. The van der Waals surface area contributed by atoms with Crippen LogP contribution in [0, 0.1) is 17.0 Å². The molecule has 2 atom stereocenters. The Labute approximate surface area is 189 Å². The normalized spacial score (nSPS) is 24.1. The van der Waals surface area contributed by atoms with E-state index in [0.29, 0.717) is 12.8 Å². The Balaban J connectivity index is 1.73. The number of ether oxygens (including phenoxy) is 2. The zero-order valence-electron chi connectivity index (χ0n) is 18.8. The fraction of sp³-hybridized carbons (Fsp3) is 0.458. The van der Waals surface area contributed by atoms with Crippen molar-refractivity contribution in [3.63, 3.8) is 0 Å². The van der Waals surface area contributed by atoms with Crippen LogP contribution in [0.25, 0.3) is 0 Å². The molecule has 2 aliphatic rings. The predicted molar refractivity (Wildman–Crippen MR) is 115 cm³/mol.